The van der Waals surface area contributed by atoms with Gasteiger partial charge in [0.15, 0.2) is 5.96 Å². The van der Waals surface area contributed by atoms with Crippen molar-refractivity contribution in [1.29, 1.82) is 0 Å². The van der Waals surface area contributed by atoms with Crippen LogP contribution in [0, 0.1) is 0 Å². The van der Waals surface area contributed by atoms with Gasteiger partial charge in [-0.25, -0.2) is 0 Å². The van der Waals surface area contributed by atoms with Crippen molar-refractivity contribution in [1.82, 2.24) is 10.2 Å². The molecule has 7 heteroatoms. The van der Waals surface area contributed by atoms with Gasteiger partial charge in [-0.15, -0.1) is 24.0 Å². The lowest BCUT2D eigenvalue weighted by atomic mass is 9.87. The van der Waals surface area contributed by atoms with E-state index in [4.69, 9.17) is 14.2 Å². The van der Waals surface area contributed by atoms with E-state index in [0.717, 1.165) is 63.8 Å². The molecule has 1 heterocycles. The highest BCUT2D eigenvalue weighted by molar-refractivity contribution is 14.0. The molecule has 6 nitrogen and oxygen atoms in total. The fraction of sp³-hybridized carbons (Fsp3) is 0.696. The van der Waals surface area contributed by atoms with Crippen molar-refractivity contribution in [3.8, 4) is 5.75 Å². The first-order valence-corrected chi connectivity index (χ1v) is 10.7. The Morgan fingerprint density at radius 2 is 1.77 bits per heavy atom. The number of nitrogens with one attached hydrogen (secondary N) is 1. The molecule has 0 aromatic heterocycles. The van der Waals surface area contributed by atoms with Crippen molar-refractivity contribution in [3.05, 3.63) is 29.8 Å². The molecule has 30 heavy (non-hydrogen) atoms. The zero-order valence-corrected chi connectivity index (χ0v) is 21.6. The van der Waals surface area contributed by atoms with Gasteiger partial charge in [0.2, 0.25) is 0 Å². The third kappa shape index (κ3) is 9.39. The molecule has 0 saturated carbocycles. The molecule has 0 aliphatic carbocycles. The molecule has 172 valence electrons. The van der Waals surface area contributed by atoms with E-state index < -0.39 is 0 Å². The standard InChI is InChI=1S/C23H39N3O3.HI/c1-23(2,3)19-7-9-20(10-8-19)29-18-13-25-22(24-4)26-14-11-21(12-15-26)28-17-6-16-27-5;/h7-10,21H,6,11-18H2,1-5H3,(H,24,25);1H. The van der Waals surface area contributed by atoms with Crippen LogP contribution in [0.1, 0.15) is 45.6 Å². The lowest BCUT2D eigenvalue weighted by Crippen LogP contribution is -2.47. The van der Waals surface area contributed by atoms with Gasteiger partial charge in [-0.05, 0) is 42.4 Å². The molecule has 1 aromatic rings. The van der Waals surface area contributed by atoms with Crippen LogP contribution in [0.2, 0.25) is 0 Å². The molecular formula is C23H40IN3O3. The predicted octanol–water partition coefficient (Wildman–Crippen LogP) is 4.07. The number of piperidine rings is 1. The van der Waals surface area contributed by atoms with Crippen LogP contribution in [0.3, 0.4) is 0 Å². The van der Waals surface area contributed by atoms with Gasteiger partial charge in [-0.3, -0.25) is 4.99 Å². The second kappa shape index (κ2) is 14.1. The lowest BCUT2D eigenvalue weighted by Gasteiger charge is -2.34. The summed E-state index contributed by atoms with van der Waals surface area (Å²) in [6.07, 6.45) is 3.37. The molecular weight excluding hydrogens is 493 g/mol. The number of aliphatic imine (C=N–C) groups is 1. The Hall–Kier alpha value is -1.06. The normalized spacial score (nSPS) is 15.6. The van der Waals surface area contributed by atoms with Crippen molar-refractivity contribution < 1.29 is 14.2 Å². The van der Waals surface area contributed by atoms with Crippen molar-refractivity contribution in [2.45, 2.75) is 51.6 Å². The van der Waals surface area contributed by atoms with Crippen molar-refractivity contribution >= 4 is 29.9 Å². The summed E-state index contributed by atoms with van der Waals surface area (Å²) in [5, 5.41) is 3.41. The van der Waals surface area contributed by atoms with Crippen LogP contribution in [0.25, 0.3) is 0 Å². The highest BCUT2D eigenvalue weighted by Gasteiger charge is 2.21. The maximum Gasteiger partial charge on any atom is 0.193 e. The van der Waals surface area contributed by atoms with Gasteiger partial charge in [0.25, 0.3) is 0 Å². The van der Waals surface area contributed by atoms with Crippen LogP contribution >= 0.6 is 24.0 Å². The van der Waals surface area contributed by atoms with Gasteiger partial charge in [-0.1, -0.05) is 32.9 Å². The zero-order chi connectivity index (χ0) is 21.1. The molecule has 0 bridgehead atoms. The summed E-state index contributed by atoms with van der Waals surface area (Å²) < 4.78 is 16.9. The van der Waals surface area contributed by atoms with Crippen LogP contribution in [0.4, 0.5) is 0 Å². The van der Waals surface area contributed by atoms with E-state index in [1.807, 2.05) is 19.2 Å². The summed E-state index contributed by atoms with van der Waals surface area (Å²) in [7, 11) is 3.56. The number of methoxy groups -OCH3 is 1. The summed E-state index contributed by atoms with van der Waals surface area (Å²) in [5.41, 5.74) is 1.48. The van der Waals surface area contributed by atoms with E-state index in [1.54, 1.807) is 7.11 Å². The van der Waals surface area contributed by atoms with Crippen molar-refractivity contribution in [2.24, 2.45) is 4.99 Å². The van der Waals surface area contributed by atoms with Gasteiger partial charge < -0.3 is 24.4 Å². The third-order valence-corrected chi connectivity index (χ3v) is 5.17. The highest BCUT2D eigenvalue weighted by atomic mass is 127. The second-order valence-electron chi connectivity index (χ2n) is 8.50. The Balaban J connectivity index is 0.00000450. The van der Waals surface area contributed by atoms with Crippen molar-refractivity contribution in [2.75, 3.05) is 53.6 Å². The fourth-order valence-corrected chi connectivity index (χ4v) is 3.40. The Morgan fingerprint density at radius 1 is 1.10 bits per heavy atom. The number of ether oxygens (including phenoxy) is 3. The number of guanidine groups is 1. The van der Waals surface area contributed by atoms with Crippen LogP contribution in [-0.2, 0) is 14.9 Å². The molecule has 1 fully saturated rings. The number of hydrogen-bond acceptors (Lipinski definition) is 4. The highest BCUT2D eigenvalue weighted by Crippen LogP contribution is 2.24. The third-order valence-electron chi connectivity index (χ3n) is 5.17. The van der Waals surface area contributed by atoms with Crippen LogP contribution in [0.5, 0.6) is 5.75 Å². The number of rotatable bonds is 9. The van der Waals surface area contributed by atoms with E-state index in [2.05, 4.69) is 48.1 Å². The van der Waals surface area contributed by atoms with Crippen LogP contribution < -0.4 is 10.1 Å². The number of nitrogens with zero attached hydrogens (tertiary/aromatic N) is 2. The Bertz CT molecular complexity index is 609. The average molecular weight is 533 g/mol. The topological polar surface area (TPSA) is 55.3 Å². The molecule has 0 unspecified atom stereocenters. The van der Waals surface area contributed by atoms with E-state index >= 15 is 0 Å². The quantitative estimate of drug-likeness (QED) is 0.225. The SMILES string of the molecule is CN=C(NCCOc1ccc(C(C)(C)C)cc1)N1CCC(OCCCOC)CC1.I. The van der Waals surface area contributed by atoms with E-state index in [1.165, 1.54) is 5.56 Å². The number of halogens is 1. The van der Waals surface area contributed by atoms with Gasteiger partial charge in [0.05, 0.1) is 12.6 Å². The van der Waals surface area contributed by atoms with Crippen molar-refractivity contribution in [3.63, 3.8) is 0 Å². The van der Waals surface area contributed by atoms with Gasteiger partial charge in [0.1, 0.15) is 12.4 Å². The maximum atomic E-state index is 5.94. The molecule has 0 spiro atoms. The first-order valence-electron chi connectivity index (χ1n) is 10.7. The monoisotopic (exact) mass is 533 g/mol. The second-order valence-corrected chi connectivity index (χ2v) is 8.50. The first-order chi connectivity index (χ1) is 13.9. The summed E-state index contributed by atoms with van der Waals surface area (Å²) in [6.45, 7) is 11.4. The Labute approximate surface area is 199 Å². The summed E-state index contributed by atoms with van der Waals surface area (Å²) >= 11 is 0. The maximum absolute atomic E-state index is 5.94. The minimum atomic E-state index is 0. The number of benzene rings is 1. The summed E-state index contributed by atoms with van der Waals surface area (Å²) in [6, 6.07) is 8.38. The number of likely N-dealkylation sites (tertiary alicyclic amines) is 1. The minimum absolute atomic E-state index is 0. The van der Waals surface area contributed by atoms with Gasteiger partial charge in [0, 0.05) is 40.5 Å². The first kappa shape index (κ1) is 27.0. The molecule has 1 aromatic carbocycles. The summed E-state index contributed by atoms with van der Waals surface area (Å²) in [5.74, 6) is 1.84. The Kier molecular flexibility index (Phi) is 12.7. The van der Waals surface area contributed by atoms with Crippen LogP contribution in [0.15, 0.2) is 29.3 Å². The molecule has 2 rings (SSSR count). The zero-order valence-electron chi connectivity index (χ0n) is 19.3. The molecule has 1 N–H and O–H groups in total. The fourth-order valence-electron chi connectivity index (χ4n) is 3.40. The van der Waals surface area contributed by atoms with Gasteiger partial charge >= 0.3 is 0 Å². The van der Waals surface area contributed by atoms with E-state index in [-0.39, 0.29) is 29.4 Å². The molecule has 1 aliphatic heterocycles. The average Bonchev–Trinajstić information content (AvgIpc) is 2.72. The molecule has 0 amide bonds. The molecule has 0 radical (unpaired) electrons. The van der Waals surface area contributed by atoms with Gasteiger partial charge in [-0.2, -0.15) is 0 Å². The number of hydrogen-bond donors (Lipinski definition) is 1. The molecule has 1 aliphatic rings. The molecule has 1 saturated heterocycles. The Morgan fingerprint density at radius 3 is 2.33 bits per heavy atom. The minimum Gasteiger partial charge on any atom is -0.492 e. The smallest absolute Gasteiger partial charge is 0.193 e. The largest absolute Gasteiger partial charge is 0.492 e. The molecule has 0 atom stereocenters. The lowest BCUT2D eigenvalue weighted by molar-refractivity contribution is 0.00989. The van der Waals surface area contributed by atoms with E-state index in [9.17, 15) is 0 Å². The summed E-state index contributed by atoms with van der Waals surface area (Å²) in [4.78, 5) is 6.72. The van der Waals surface area contributed by atoms with Crippen LogP contribution in [-0.4, -0.2) is 70.6 Å². The predicted molar refractivity (Wildman–Crippen MR) is 134 cm³/mol. The van der Waals surface area contributed by atoms with E-state index in [0.29, 0.717) is 12.7 Å².